The largest absolute Gasteiger partial charge is 0.490 e. The number of fused-ring (bicyclic) bond motifs is 3. The van der Waals surface area contributed by atoms with Gasteiger partial charge in [-0.1, -0.05) is 0 Å². The molecule has 2 aliphatic rings. The standard InChI is InChI=1S/C15H17N3O5/c1-3-23-15(19)14-10-5-4-9-6-13(22-2)12(18(20)21)7-11(9)17(10)8-16-14/h6-7,16H,3-5,8H2,1-2H3. The third-order valence-corrected chi connectivity index (χ3v) is 4.01. The minimum atomic E-state index is -0.465. The van der Waals surface area contributed by atoms with Crippen molar-refractivity contribution in [2.45, 2.75) is 19.8 Å². The highest BCUT2D eigenvalue weighted by Crippen LogP contribution is 2.42. The van der Waals surface area contributed by atoms with Gasteiger partial charge in [-0.15, -0.1) is 0 Å². The fourth-order valence-electron chi connectivity index (χ4n) is 2.98. The lowest BCUT2D eigenvalue weighted by Gasteiger charge is -2.29. The summed E-state index contributed by atoms with van der Waals surface area (Å²) in [7, 11) is 1.42. The molecular weight excluding hydrogens is 302 g/mol. The second-order valence-electron chi connectivity index (χ2n) is 5.21. The van der Waals surface area contributed by atoms with Crippen molar-refractivity contribution in [1.82, 2.24) is 5.32 Å². The first-order chi connectivity index (χ1) is 11.1. The highest BCUT2D eigenvalue weighted by molar-refractivity contribution is 5.91. The normalized spacial score (nSPS) is 15.7. The Balaban J connectivity index is 2.04. The molecule has 0 saturated heterocycles. The number of carbonyl (C=O) groups excluding carboxylic acids is 1. The number of nitrogens with one attached hydrogen (secondary N) is 1. The monoisotopic (exact) mass is 319 g/mol. The molecule has 0 saturated carbocycles. The Labute approximate surface area is 132 Å². The second-order valence-corrected chi connectivity index (χ2v) is 5.21. The van der Waals surface area contributed by atoms with Gasteiger partial charge in [0.2, 0.25) is 0 Å². The van der Waals surface area contributed by atoms with Crippen LogP contribution in [0.3, 0.4) is 0 Å². The van der Waals surface area contributed by atoms with Crippen molar-refractivity contribution >= 4 is 17.3 Å². The Morgan fingerprint density at radius 1 is 1.43 bits per heavy atom. The van der Waals surface area contributed by atoms with Gasteiger partial charge < -0.3 is 19.7 Å². The van der Waals surface area contributed by atoms with Crippen molar-refractivity contribution in [3.63, 3.8) is 0 Å². The molecule has 1 N–H and O–H groups in total. The van der Waals surface area contributed by atoms with Gasteiger partial charge in [-0.25, -0.2) is 4.79 Å². The number of anilines is 1. The molecule has 3 rings (SSSR count). The van der Waals surface area contributed by atoms with Gasteiger partial charge in [-0.05, 0) is 31.4 Å². The molecule has 0 unspecified atom stereocenters. The van der Waals surface area contributed by atoms with Gasteiger partial charge in [0.05, 0.1) is 36.7 Å². The minimum absolute atomic E-state index is 0.0860. The molecule has 1 aromatic rings. The number of ether oxygens (including phenoxy) is 2. The molecular formula is C15H17N3O5. The zero-order valence-electron chi connectivity index (χ0n) is 12.9. The third kappa shape index (κ3) is 2.45. The molecule has 0 amide bonds. The molecule has 8 nitrogen and oxygen atoms in total. The van der Waals surface area contributed by atoms with Gasteiger partial charge in [-0.3, -0.25) is 10.1 Å². The maximum Gasteiger partial charge on any atom is 0.356 e. The number of esters is 1. The minimum Gasteiger partial charge on any atom is -0.490 e. The van der Waals surface area contributed by atoms with Crippen LogP contribution in [0.4, 0.5) is 11.4 Å². The van der Waals surface area contributed by atoms with Crippen molar-refractivity contribution in [2.24, 2.45) is 0 Å². The van der Waals surface area contributed by atoms with Gasteiger partial charge in [0.15, 0.2) is 5.75 Å². The van der Waals surface area contributed by atoms with Crippen LogP contribution < -0.4 is 15.0 Å². The number of nitrogens with zero attached hydrogens (tertiary/aromatic N) is 2. The summed E-state index contributed by atoms with van der Waals surface area (Å²) in [6, 6.07) is 3.20. The molecule has 1 aromatic carbocycles. The van der Waals surface area contributed by atoms with E-state index in [1.165, 1.54) is 13.2 Å². The fraction of sp³-hybridized carbons (Fsp3) is 0.400. The van der Waals surface area contributed by atoms with Crippen LogP contribution in [0.15, 0.2) is 23.5 Å². The molecule has 0 spiro atoms. The Morgan fingerprint density at radius 3 is 2.87 bits per heavy atom. The Bertz CT molecular complexity index is 713. The van der Waals surface area contributed by atoms with E-state index in [-0.39, 0.29) is 11.4 Å². The predicted octanol–water partition coefficient (Wildman–Crippen LogP) is 1.69. The number of nitro groups is 1. The Hall–Kier alpha value is -2.77. The number of hydrogen-bond donors (Lipinski definition) is 1. The molecule has 0 aromatic heterocycles. The molecule has 2 heterocycles. The van der Waals surface area contributed by atoms with Crippen LogP contribution in [-0.4, -0.2) is 31.3 Å². The summed E-state index contributed by atoms with van der Waals surface area (Å²) in [5, 5.41) is 14.3. The smallest absolute Gasteiger partial charge is 0.356 e. The summed E-state index contributed by atoms with van der Waals surface area (Å²) in [4.78, 5) is 24.6. The van der Waals surface area contributed by atoms with E-state index in [4.69, 9.17) is 9.47 Å². The summed E-state index contributed by atoms with van der Waals surface area (Å²) in [5.41, 5.74) is 2.86. The lowest BCUT2D eigenvalue weighted by atomic mass is 9.98. The maximum atomic E-state index is 12.0. The summed E-state index contributed by atoms with van der Waals surface area (Å²) < 4.78 is 10.2. The van der Waals surface area contributed by atoms with Crippen molar-refractivity contribution in [3.8, 4) is 5.75 Å². The van der Waals surface area contributed by atoms with Gasteiger partial charge in [0.25, 0.3) is 0 Å². The van der Waals surface area contributed by atoms with Crippen LogP contribution >= 0.6 is 0 Å². The number of nitro benzene ring substituents is 1. The quantitative estimate of drug-likeness (QED) is 0.512. The van der Waals surface area contributed by atoms with Crippen LogP contribution in [0.2, 0.25) is 0 Å². The molecule has 0 bridgehead atoms. The van der Waals surface area contributed by atoms with E-state index in [1.54, 1.807) is 13.0 Å². The van der Waals surface area contributed by atoms with Crippen molar-refractivity contribution < 1.29 is 19.2 Å². The summed E-state index contributed by atoms with van der Waals surface area (Å²) in [6.07, 6.45) is 1.34. The summed E-state index contributed by atoms with van der Waals surface area (Å²) >= 11 is 0. The lowest BCUT2D eigenvalue weighted by Crippen LogP contribution is -2.27. The number of methoxy groups -OCH3 is 1. The molecule has 8 heteroatoms. The van der Waals surface area contributed by atoms with E-state index in [2.05, 4.69) is 5.32 Å². The van der Waals surface area contributed by atoms with Gasteiger partial charge >= 0.3 is 11.7 Å². The maximum absolute atomic E-state index is 12.0. The first-order valence-electron chi connectivity index (χ1n) is 7.33. The molecule has 0 fully saturated rings. The van der Waals surface area contributed by atoms with Crippen LogP contribution in [0, 0.1) is 10.1 Å². The molecule has 23 heavy (non-hydrogen) atoms. The molecule has 0 atom stereocenters. The highest BCUT2D eigenvalue weighted by atomic mass is 16.6. The Morgan fingerprint density at radius 2 is 2.22 bits per heavy atom. The molecule has 0 aliphatic carbocycles. The number of rotatable bonds is 4. The number of benzene rings is 1. The van der Waals surface area contributed by atoms with Gasteiger partial charge in [-0.2, -0.15) is 0 Å². The van der Waals surface area contributed by atoms with Crippen molar-refractivity contribution in [3.05, 3.63) is 39.2 Å². The van der Waals surface area contributed by atoms with Crippen LogP contribution in [0.1, 0.15) is 18.9 Å². The highest BCUT2D eigenvalue weighted by Gasteiger charge is 2.34. The predicted molar refractivity (Wildman–Crippen MR) is 82.1 cm³/mol. The summed E-state index contributed by atoms with van der Waals surface area (Å²) in [5.74, 6) is -0.143. The van der Waals surface area contributed by atoms with Crippen LogP contribution in [-0.2, 0) is 16.0 Å². The van der Waals surface area contributed by atoms with Crippen molar-refractivity contribution in [2.75, 3.05) is 25.3 Å². The molecule has 122 valence electrons. The zero-order chi connectivity index (χ0) is 16.6. The third-order valence-electron chi connectivity index (χ3n) is 4.01. The fourth-order valence-corrected chi connectivity index (χ4v) is 2.98. The van der Waals surface area contributed by atoms with Crippen molar-refractivity contribution in [1.29, 1.82) is 0 Å². The van der Waals surface area contributed by atoms with E-state index >= 15 is 0 Å². The van der Waals surface area contributed by atoms with E-state index in [9.17, 15) is 14.9 Å². The number of allylic oxidation sites excluding steroid dienone is 1. The number of hydrogen-bond acceptors (Lipinski definition) is 7. The first kappa shape index (κ1) is 15.1. The molecule has 0 radical (unpaired) electrons. The van der Waals surface area contributed by atoms with Crippen LogP contribution in [0.5, 0.6) is 5.75 Å². The molecule has 2 aliphatic heterocycles. The Kier molecular flexibility index (Phi) is 3.81. The van der Waals surface area contributed by atoms with E-state index in [0.717, 1.165) is 16.9 Å². The van der Waals surface area contributed by atoms with Gasteiger partial charge in [0.1, 0.15) is 5.70 Å². The van der Waals surface area contributed by atoms with E-state index in [1.807, 2.05) is 4.90 Å². The average Bonchev–Trinajstić information content (AvgIpc) is 2.98. The topological polar surface area (TPSA) is 93.9 Å². The number of aryl methyl sites for hydroxylation is 1. The van der Waals surface area contributed by atoms with Crippen LogP contribution in [0.25, 0.3) is 0 Å². The summed E-state index contributed by atoms with van der Waals surface area (Å²) in [6.45, 7) is 2.44. The SMILES string of the molecule is CCOC(=O)C1=C2CCc3cc(OC)c([N+](=O)[O-])cc3N2CN1. The average molecular weight is 319 g/mol. The van der Waals surface area contributed by atoms with E-state index in [0.29, 0.717) is 31.8 Å². The zero-order valence-corrected chi connectivity index (χ0v) is 12.9. The van der Waals surface area contributed by atoms with E-state index < -0.39 is 10.9 Å². The first-order valence-corrected chi connectivity index (χ1v) is 7.33. The second kappa shape index (κ2) is 5.79. The van der Waals surface area contributed by atoms with Gasteiger partial charge in [0, 0.05) is 6.07 Å². The lowest BCUT2D eigenvalue weighted by molar-refractivity contribution is -0.385. The number of carbonyl (C=O) groups is 1.